The number of hydrogen-bond donors (Lipinski definition) is 0. The molecule has 0 aromatic carbocycles. The van der Waals surface area contributed by atoms with E-state index in [2.05, 4.69) is 13.2 Å². The third-order valence-corrected chi connectivity index (χ3v) is 0. The van der Waals surface area contributed by atoms with Crippen molar-refractivity contribution in [2.45, 2.75) is 0 Å². The molecular formula is C2H4F4Si. The summed E-state index contributed by atoms with van der Waals surface area (Å²) in [4.78, 5) is 0. The van der Waals surface area contributed by atoms with Crippen molar-refractivity contribution in [3.05, 3.63) is 13.2 Å². The van der Waals surface area contributed by atoms with Crippen LogP contribution >= 0.6 is 0 Å². The smallest absolute Gasteiger partial charge is 0.211 e. The average molecular weight is 132 g/mol. The lowest BCUT2D eigenvalue weighted by molar-refractivity contribution is 0.368. The predicted octanol–water partition coefficient (Wildman–Crippen LogP) is 2.10. The summed E-state index contributed by atoms with van der Waals surface area (Å²) in [6.45, 7) is 6.00. The third kappa shape index (κ3) is 735. The number of hydrogen-bond acceptors (Lipinski definition) is 0. The van der Waals surface area contributed by atoms with Crippen LogP contribution in [0.4, 0.5) is 16.4 Å². The van der Waals surface area contributed by atoms with E-state index in [1.165, 1.54) is 0 Å². The lowest BCUT2D eigenvalue weighted by Crippen LogP contribution is -2.02. The fourth-order valence-electron chi connectivity index (χ4n) is 0. The molecule has 5 heteroatoms. The second-order valence-electron chi connectivity index (χ2n) is 0.429. The zero-order valence-corrected chi connectivity index (χ0v) is 4.43. The Morgan fingerprint density at radius 1 is 0.857 bits per heavy atom. The number of rotatable bonds is 0. The molecule has 0 amide bonds. The Morgan fingerprint density at radius 3 is 0.857 bits per heavy atom. The van der Waals surface area contributed by atoms with Gasteiger partial charge in [-0.05, 0) is 0 Å². The Balaban J connectivity index is 0. The lowest BCUT2D eigenvalue weighted by Gasteiger charge is -1.75. The molecule has 0 nitrogen and oxygen atoms in total. The minimum Gasteiger partial charge on any atom is -0.211 e. The van der Waals surface area contributed by atoms with E-state index in [0.29, 0.717) is 0 Å². The zero-order valence-electron chi connectivity index (χ0n) is 3.43. The van der Waals surface area contributed by atoms with E-state index in [-0.39, 0.29) is 0 Å². The van der Waals surface area contributed by atoms with Gasteiger partial charge in [-0.1, -0.05) is 0 Å². The molecule has 7 heavy (non-hydrogen) atoms. The highest BCUT2D eigenvalue weighted by Crippen LogP contribution is 2.06. The van der Waals surface area contributed by atoms with Crippen molar-refractivity contribution in [1.82, 2.24) is 0 Å². The van der Waals surface area contributed by atoms with Crippen LogP contribution in [-0.2, 0) is 0 Å². The zero-order chi connectivity index (χ0) is 6.50. The molecule has 0 fully saturated rings. The van der Waals surface area contributed by atoms with Crippen molar-refractivity contribution in [3.63, 3.8) is 0 Å². The van der Waals surface area contributed by atoms with Gasteiger partial charge in [0.25, 0.3) is 0 Å². The second kappa shape index (κ2) is 3.85. The van der Waals surface area contributed by atoms with Gasteiger partial charge in [-0.15, -0.1) is 13.2 Å². The van der Waals surface area contributed by atoms with Crippen LogP contribution in [0.1, 0.15) is 0 Å². The van der Waals surface area contributed by atoms with Gasteiger partial charge in [0, 0.05) is 0 Å². The summed E-state index contributed by atoms with van der Waals surface area (Å²) in [5.74, 6) is 0. The third-order valence-electron chi connectivity index (χ3n) is 0. The molecular weight excluding hydrogens is 128 g/mol. The predicted molar refractivity (Wildman–Crippen MR) is 21.4 cm³/mol. The maximum absolute atomic E-state index is 9.83. The summed E-state index contributed by atoms with van der Waals surface area (Å²) in [5, 5.41) is 0. The van der Waals surface area contributed by atoms with Gasteiger partial charge in [-0.2, -0.15) is 0 Å². The van der Waals surface area contributed by atoms with Gasteiger partial charge >= 0.3 is 9.41 Å². The van der Waals surface area contributed by atoms with E-state index >= 15 is 0 Å². The SMILES string of the molecule is C=C.F[Si](F)(F)F. The molecule has 0 rings (SSSR count). The molecule has 0 spiro atoms. The Hall–Kier alpha value is -0.323. The lowest BCUT2D eigenvalue weighted by atomic mass is 11.3. The first-order chi connectivity index (χ1) is 3.00. The monoisotopic (exact) mass is 132 g/mol. The van der Waals surface area contributed by atoms with Crippen molar-refractivity contribution in [2.75, 3.05) is 0 Å². The van der Waals surface area contributed by atoms with E-state index in [0.717, 1.165) is 0 Å². The molecule has 0 aliphatic heterocycles. The fourth-order valence-corrected chi connectivity index (χ4v) is 0. The highest BCUT2D eigenvalue weighted by molar-refractivity contribution is 6.50. The van der Waals surface area contributed by atoms with Gasteiger partial charge in [-0.3, -0.25) is 0 Å². The molecule has 0 heterocycles. The van der Waals surface area contributed by atoms with E-state index in [9.17, 15) is 16.4 Å². The molecule has 0 radical (unpaired) electrons. The highest BCUT2D eigenvalue weighted by atomic mass is 28.5. The largest absolute Gasteiger partial charge is 0.844 e. The molecule has 0 N–H and O–H groups in total. The number of halogens is 4. The Kier molecular flexibility index (Phi) is 5.41. The summed E-state index contributed by atoms with van der Waals surface area (Å²) in [6.07, 6.45) is 0. The van der Waals surface area contributed by atoms with E-state index in [1.54, 1.807) is 0 Å². The standard InChI is InChI=1S/C2H4.F4Si/c1-2;1-5(2,3)4/h1-2H2;. The summed E-state index contributed by atoms with van der Waals surface area (Å²) >= 11 is 0. The molecule has 0 saturated carbocycles. The molecule has 44 valence electrons. The van der Waals surface area contributed by atoms with Gasteiger partial charge in [0.05, 0.1) is 0 Å². The Labute approximate surface area is 40.2 Å². The van der Waals surface area contributed by atoms with Crippen molar-refractivity contribution in [2.24, 2.45) is 0 Å². The first-order valence-electron chi connectivity index (χ1n) is 1.26. The molecule has 0 unspecified atom stereocenters. The molecule has 0 aromatic heterocycles. The van der Waals surface area contributed by atoms with Gasteiger partial charge in [0.1, 0.15) is 0 Å². The first-order valence-corrected chi connectivity index (χ1v) is 2.77. The van der Waals surface area contributed by atoms with Crippen molar-refractivity contribution in [1.29, 1.82) is 0 Å². The summed E-state index contributed by atoms with van der Waals surface area (Å²) in [6, 6.07) is 0. The van der Waals surface area contributed by atoms with Crippen LogP contribution < -0.4 is 0 Å². The maximum atomic E-state index is 9.83. The van der Waals surface area contributed by atoms with Crippen molar-refractivity contribution in [3.8, 4) is 0 Å². The van der Waals surface area contributed by atoms with E-state index in [1.807, 2.05) is 0 Å². The normalized spacial score (nSPS) is 9.14. The molecule has 0 saturated heterocycles. The molecule has 0 aromatic rings. The van der Waals surface area contributed by atoms with Crippen LogP contribution in [0.25, 0.3) is 0 Å². The van der Waals surface area contributed by atoms with Gasteiger partial charge in [0.15, 0.2) is 0 Å². The van der Waals surface area contributed by atoms with Crippen LogP contribution in [0.2, 0.25) is 0 Å². The minimum absolute atomic E-state index is 3.00. The Bertz CT molecular complexity index is 33.4. The van der Waals surface area contributed by atoms with Crippen LogP contribution in [-0.4, -0.2) is 9.41 Å². The quantitative estimate of drug-likeness (QED) is 0.205. The maximum Gasteiger partial charge on any atom is 0.844 e. The highest BCUT2D eigenvalue weighted by Gasteiger charge is 2.39. The van der Waals surface area contributed by atoms with Crippen LogP contribution in [0, 0.1) is 0 Å². The molecule has 0 atom stereocenters. The van der Waals surface area contributed by atoms with Gasteiger partial charge < -0.3 is 0 Å². The summed E-state index contributed by atoms with van der Waals surface area (Å²) in [7, 11) is -6.61. The second-order valence-corrected chi connectivity index (χ2v) is 1.29. The molecule has 0 aliphatic carbocycles. The Morgan fingerprint density at radius 2 is 0.857 bits per heavy atom. The average Bonchev–Trinajstić information content (AvgIpc) is 1.36. The van der Waals surface area contributed by atoms with Crippen LogP contribution in [0.15, 0.2) is 13.2 Å². The van der Waals surface area contributed by atoms with Gasteiger partial charge in [-0.25, -0.2) is 16.4 Å². The fraction of sp³-hybridized carbons (Fsp3) is 0. The van der Waals surface area contributed by atoms with Crippen LogP contribution in [0.5, 0.6) is 0 Å². The summed E-state index contributed by atoms with van der Waals surface area (Å²) < 4.78 is 39.3. The first kappa shape index (κ1) is 9.84. The van der Waals surface area contributed by atoms with E-state index in [4.69, 9.17) is 0 Å². The van der Waals surface area contributed by atoms with Crippen molar-refractivity contribution < 1.29 is 16.4 Å². The summed E-state index contributed by atoms with van der Waals surface area (Å²) in [5.41, 5.74) is 0. The van der Waals surface area contributed by atoms with E-state index < -0.39 is 9.41 Å². The van der Waals surface area contributed by atoms with Crippen molar-refractivity contribution >= 4 is 9.41 Å². The molecule has 0 bridgehead atoms. The minimum atomic E-state index is -6.61. The topological polar surface area (TPSA) is 0 Å². The molecule has 0 aliphatic rings. The van der Waals surface area contributed by atoms with Gasteiger partial charge in [0.2, 0.25) is 0 Å². The van der Waals surface area contributed by atoms with Crippen LogP contribution in [0.3, 0.4) is 0 Å².